The highest BCUT2D eigenvalue weighted by atomic mass is 32.2. The van der Waals surface area contributed by atoms with Gasteiger partial charge in [-0.2, -0.15) is 0 Å². The smallest absolute Gasteiger partial charge is 0.242 e. The van der Waals surface area contributed by atoms with E-state index in [1.165, 1.54) is 24.3 Å². The molecule has 1 aliphatic heterocycles. The molecule has 5 nitrogen and oxygen atoms in total. The number of rotatable bonds is 5. The number of likely N-dealkylation sites (tertiary alicyclic amines) is 1. The first-order valence-corrected chi connectivity index (χ1v) is 11.4. The molecule has 0 saturated carbocycles. The van der Waals surface area contributed by atoms with Crippen LogP contribution in [0.25, 0.3) is 10.9 Å². The number of nitrogens with zero attached hydrogens (tertiary/aromatic N) is 2. The van der Waals surface area contributed by atoms with Gasteiger partial charge in [0.25, 0.3) is 0 Å². The summed E-state index contributed by atoms with van der Waals surface area (Å²) in [6.45, 7) is 1.63. The number of fused-ring (bicyclic) bond motifs is 1. The predicted molar refractivity (Wildman–Crippen MR) is 110 cm³/mol. The Morgan fingerprint density at radius 1 is 0.966 bits per heavy atom. The lowest BCUT2D eigenvalue weighted by molar-refractivity contribution is -0.132. The molecule has 1 aliphatic rings. The van der Waals surface area contributed by atoms with Crippen LogP contribution >= 0.6 is 0 Å². The number of hydrogen-bond donors (Lipinski definition) is 0. The first kappa shape index (κ1) is 19.6. The van der Waals surface area contributed by atoms with Crippen LogP contribution < -0.4 is 0 Å². The zero-order chi connectivity index (χ0) is 20.4. The number of piperidine rings is 1. The molecule has 29 heavy (non-hydrogen) atoms. The molecular weight excluding hydrogens is 391 g/mol. The summed E-state index contributed by atoms with van der Waals surface area (Å²) in [5.41, 5.74) is 1.24. The summed E-state index contributed by atoms with van der Waals surface area (Å²) in [6, 6.07) is 12.7. The molecule has 0 unspecified atom stereocenters. The summed E-state index contributed by atoms with van der Waals surface area (Å²) in [5.74, 6) is -0.617. The molecule has 1 saturated heterocycles. The highest BCUT2D eigenvalue weighted by molar-refractivity contribution is 7.90. The molecule has 2 aromatic carbocycles. The number of carbonyl (C=O) groups excluding carboxylic acids is 1. The monoisotopic (exact) mass is 414 g/mol. The van der Waals surface area contributed by atoms with Gasteiger partial charge >= 0.3 is 0 Å². The number of sulfone groups is 1. The van der Waals surface area contributed by atoms with Crippen LogP contribution in [0.3, 0.4) is 0 Å². The van der Waals surface area contributed by atoms with Gasteiger partial charge in [-0.15, -0.1) is 0 Å². The van der Waals surface area contributed by atoms with Crippen molar-refractivity contribution < 1.29 is 17.6 Å². The van der Waals surface area contributed by atoms with Gasteiger partial charge in [0.05, 0.1) is 10.6 Å². The van der Waals surface area contributed by atoms with E-state index in [-0.39, 0.29) is 23.1 Å². The Balaban J connectivity index is 1.66. The Bertz CT molecular complexity index is 1130. The van der Waals surface area contributed by atoms with Crippen LogP contribution in [-0.2, 0) is 26.9 Å². The summed E-state index contributed by atoms with van der Waals surface area (Å²) in [5, 5.41) is 0.598. The molecule has 0 bridgehead atoms. The topological polar surface area (TPSA) is 59.4 Å². The summed E-state index contributed by atoms with van der Waals surface area (Å²) in [7, 11) is -3.66. The van der Waals surface area contributed by atoms with Crippen LogP contribution in [0, 0.1) is 5.82 Å². The van der Waals surface area contributed by atoms with E-state index in [0.717, 1.165) is 37.9 Å². The van der Waals surface area contributed by atoms with E-state index in [1.54, 1.807) is 22.9 Å². The number of halogens is 1. The Morgan fingerprint density at radius 2 is 1.66 bits per heavy atom. The van der Waals surface area contributed by atoms with Gasteiger partial charge in [-0.3, -0.25) is 4.79 Å². The van der Waals surface area contributed by atoms with E-state index < -0.39 is 15.7 Å². The zero-order valence-corrected chi connectivity index (χ0v) is 16.9. The summed E-state index contributed by atoms with van der Waals surface area (Å²) in [4.78, 5) is 14.8. The molecular formula is C22H23FN2O3S. The van der Waals surface area contributed by atoms with Gasteiger partial charge in [-0.1, -0.05) is 30.3 Å². The maximum absolute atomic E-state index is 13.1. The van der Waals surface area contributed by atoms with E-state index in [9.17, 15) is 17.6 Å². The summed E-state index contributed by atoms with van der Waals surface area (Å²) < 4.78 is 41.1. The van der Waals surface area contributed by atoms with E-state index in [4.69, 9.17) is 0 Å². The van der Waals surface area contributed by atoms with E-state index in [0.29, 0.717) is 10.9 Å². The molecule has 0 aliphatic carbocycles. The normalized spacial score (nSPS) is 15.0. The molecule has 0 N–H and O–H groups in total. The minimum atomic E-state index is -3.66. The van der Waals surface area contributed by atoms with Crippen molar-refractivity contribution in [1.82, 2.24) is 9.47 Å². The van der Waals surface area contributed by atoms with Crippen molar-refractivity contribution >= 4 is 26.6 Å². The van der Waals surface area contributed by atoms with Crippen molar-refractivity contribution in [3.8, 4) is 0 Å². The van der Waals surface area contributed by atoms with E-state index >= 15 is 0 Å². The predicted octanol–water partition coefficient (Wildman–Crippen LogP) is 3.77. The Hall–Kier alpha value is -2.67. The van der Waals surface area contributed by atoms with Crippen molar-refractivity contribution in [2.75, 3.05) is 13.1 Å². The molecule has 1 amide bonds. The van der Waals surface area contributed by atoms with Crippen molar-refractivity contribution in [3.05, 3.63) is 66.1 Å². The molecule has 0 radical (unpaired) electrons. The van der Waals surface area contributed by atoms with E-state index in [2.05, 4.69) is 0 Å². The van der Waals surface area contributed by atoms with Gasteiger partial charge in [-0.05, 0) is 43.0 Å². The Morgan fingerprint density at radius 3 is 2.38 bits per heavy atom. The summed E-state index contributed by atoms with van der Waals surface area (Å²) >= 11 is 0. The first-order valence-electron chi connectivity index (χ1n) is 9.77. The molecule has 4 rings (SSSR count). The van der Waals surface area contributed by atoms with Gasteiger partial charge in [0.15, 0.2) is 9.84 Å². The number of amides is 1. The SMILES string of the molecule is O=C(Cn1cc(S(=O)(=O)Cc2ccc(F)cc2)c2ccccc21)N1CCCCC1. The number of hydrogen-bond acceptors (Lipinski definition) is 3. The summed E-state index contributed by atoms with van der Waals surface area (Å²) in [6.07, 6.45) is 4.72. The Kier molecular flexibility index (Phi) is 5.41. The van der Waals surface area contributed by atoms with Crippen molar-refractivity contribution in [1.29, 1.82) is 0 Å². The van der Waals surface area contributed by atoms with Crippen LogP contribution in [0.5, 0.6) is 0 Å². The average molecular weight is 415 g/mol. The fourth-order valence-corrected chi connectivity index (χ4v) is 5.44. The number of para-hydroxylation sites is 1. The first-order chi connectivity index (χ1) is 13.9. The van der Waals surface area contributed by atoms with Crippen LogP contribution in [0.4, 0.5) is 4.39 Å². The molecule has 3 aromatic rings. The maximum atomic E-state index is 13.1. The van der Waals surface area contributed by atoms with Gasteiger partial charge < -0.3 is 9.47 Å². The lowest BCUT2D eigenvalue weighted by atomic mass is 10.1. The third-order valence-corrected chi connectivity index (χ3v) is 7.08. The van der Waals surface area contributed by atoms with Crippen molar-refractivity contribution in [2.24, 2.45) is 0 Å². The highest BCUT2D eigenvalue weighted by Crippen LogP contribution is 2.28. The van der Waals surface area contributed by atoms with Crippen LogP contribution in [0.15, 0.2) is 59.6 Å². The maximum Gasteiger partial charge on any atom is 0.242 e. The van der Waals surface area contributed by atoms with Crippen molar-refractivity contribution in [2.45, 2.75) is 36.5 Å². The lowest BCUT2D eigenvalue weighted by Crippen LogP contribution is -2.37. The average Bonchev–Trinajstić information content (AvgIpc) is 3.10. The van der Waals surface area contributed by atoms with Gasteiger partial charge in [0, 0.05) is 30.2 Å². The standard InChI is InChI=1S/C22H23FN2O3S/c23-18-10-8-17(9-11-18)16-29(27,28)21-14-25(20-7-3-2-6-19(20)21)15-22(26)24-12-4-1-5-13-24/h2-3,6-11,14H,1,4-5,12-13,15-16H2. The van der Waals surface area contributed by atoms with E-state index in [1.807, 2.05) is 17.0 Å². The zero-order valence-electron chi connectivity index (χ0n) is 16.1. The van der Waals surface area contributed by atoms with Gasteiger partial charge in [0.1, 0.15) is 12.4 Å². The third kappa shape index (κ3) is 4.19. The third-order valence-electron chi connectivity index (χ3n) is 5.37. The second-order valence-electron chi connectivity index (χ2n) is 7.47. The molecule has 0 spiro atoms. The minimum Gasteiger partial charge on any atom is -0.341 e. The molecule has 1 aromatic heterocycles. The van der Waals surface area contributed by atoms with Gasteiger partial charge in [-0.25, -0.2) is 12.8 Å². The molecule has 1 fully saturated rings. The Labute approximate surface area is 169 Å². The fourth-order valence-electron chi connectivity index (χ4n) is 3.86. The molecule has 7 heteroatoms. The largest absolute Gasteiger partial charge is 0.341 e. The van der Waals surface area contributed by atoms with Gasteiger partial charge in [0.2, 0.25) is 5.91 Å². The van der Waals surface area contributed by atoms with Crippen LogP contribution in [0.2, 0.25) is 0 Å². The quantitative estimate of drug-likeness (QED) is 0.639. The second kappa shape index (κ2) is 7.99. The number of benzene rings is 2. The number of carbonyl (C=O) groups is 1. The molecule has 0 atom stereocenters. The molecule has 152 valence electrons. The van der Waals surface area contributed by atoms with Crippen LogP contribution in [-0.4, -0.2) is 36.9 Å². The highest BCUT2D eigenvalue weighted by Gasteiger charge is 2.24. The minimum absolute atomic E-state index is 0.00735. The van der Waals surface area contributed by atoms with Crippen LogP contribution in [0.1, 0.15) is 24.8 Å². The molecule has 2 heterocycles. The second-order valence-corrected chi connectivity index (χ2v) is 9.42. The lowest BCUT2D eigenvalue weighted by Gasteiger charge is -2.27. The number of aromatic nitrogens is 1. The fraction of sp³-hybridized carbons (Fsp3) is 0.318. The van der Waals surface area contributed by atoms with Crippen molar-refractivity contribution in [3.63, 3.8) is 0 Å².